The first-order valence-electron chi connectivity index (χ1n) is 6.55. The van der Waals surface area contributed by atoms with Crippen LogP contribution in [0.1, 0.15) is 12.8 Å². The van der Waals surface area contributed by atoms with Crippen molar-refractivity contribution in [2.45, 2.75) is 24.5 Å². The molecule has 1 N–H and O–H groups in total. The Morgan fingerprint density at radius 1 is 1.26 bits per heavy atom. The highest BCUT2D eigenvalue weighted by Crippen LogP contribution is 2.36. The fourth-order valence-corrected chi connectivity index (χ4v) is 2.60. The summed E-state index contributed by atoms with van der Waals surface area (Å²) in [6.45, 7) is 0.862. The Kier molecular flexibility index (Phi) is 4.80. The van der Waals surface area contributed by atoms with E-state index in [0.717, 1.165) is 12.1 Å². The maximum Gasteiger partial charge on any atom is 0.534 e. The molecule has 2 rings (SSSR count). The molecule has 11 heteroatoms. The minimum atomic E-state index is -5.90. The average Bonchev–Trinajstić information content (AvgIpc) is 2.46. The predicted octanol–water partition coefficient (Wildman–Crippen LogP) is 2.27. The lowest BCUT2D eigenvalue weighted by Crippen LogP contribution is -2.35. The zero-order valence-corrected chi connectivity index (χ0v) is 12.5. The van der Waals surface area contributed by atoms with Gasteiger partial charge in [0.25, 0.3) is 0 Å². The van der Waals surface area contributed by atoms with Crippen LogP contribution in [0.25, 0.3) is 0 Å². The summed E-state index contributed by atoms with van der Waals surface area (Å²) < 4.78 is 63.4. The van der Waals surface area contributed by atoms with Gasteiger partial charge < -0.3 is 14.2 Å². The van der Waals surface area contributed by atoms with Gasteiger partial charge in [0, 0.05) is 24.8 Å². The lowest BCUT2D eigenvalue weighted by molar-refractivity contribution is -0.0499. The van der Waals surface area contributed by atoms with Crippen LogP contribution in [0.3, 0.4) is 0 Å². The van der Waals surface area contributed by atoms with E-state index in [1.807, 2.05) is 0 Å². The van der Waals surface area contributed by atoms with Gasteiger partial charge >= 0.3 is 15.6 Å². The zero-order chi connectivity index (χ0) is 17.3. The molecule has 0 amide bonds. The Labute approximate surface area is 129 Å². The highest BCUT2D eigenvalue weighted by molar-refractivity contribution is 7.88. The number of piperidine rings is 1. The number of anilines is 1. The first-order chi connectivity index (χ1) is 10.6. The molecule has 1 saturated heterocycles. The molecule has 1 heterocycles. The largest absolute Gasteiger partial charge is 0.534 e. The highest BCUT2D eigenvalue weighted by Gasteiger charge is 2.49. The zero-order valence-electron chi connectivity index (χ0n) is 11.7. The Morgan fingerprint density at radius 3 is 2.39 bits per heavy atom. The molecular weight excluding hydrogens is 341 g/mol. The summed E-state index contributed by atoms with van der Waals surface area (Å²) in [7, 11) is -5.90. The first-order valence-corrected chi connectivity index (χ1v) is 7.96. The molecule has 0 saturated carbocycles. The van der Waals surface area contributed by atoms with Crippen molar-refractivity contribution in [2.24, 2.45) is 5.18 Å². The van der Waals surface area contributed by atoms with Crippen molar-refractivity contribution < 1.29 is 30.9 Å². The van der Waals surface area contributed by atoms with Gasteiger partial charge in [0.05, 0.1) is 6.10 Å². The van der Waals surface area contributed by atoms with Gasteiger partial charge in [-0.05, 0) is 30.2 Å². The van der Waals surface area contributed by atoms with Crippen LogP contribution in [0.5, 0.6) is 5.75 Å². The minimum Gasteiger partial charge on any atom is -0.393 e. The third kappa shape index (κ3) is 3.91. The number of nitroso groups, excluding NO2 is 1. The van der Waals surface area contributed by atoms with E-state index in [1.165, 1.54) is 6.07 Å². The van der Waals surface area contributed by atoms with Crippen molar-refractivity contribution in [3.63, 3.8) is 0 Å². The molecule has 1 aromatic rings. The van der Waals surface area contributed by atoms with Gasteiger partial charge in [-0.25, -0.2) is 0 Å². The Hall–Kier alpha value is -1.88. The van der Waals surface area contributed by atoms with Gasteiger partial charge in [-0.2, -0.15) is 21.6 Å². The van der Waals surface area contributed by atoms with E-state index < -0.39 is 33.2 Å². The molecule has 0 atom stereocenters. The van der Waals surface area contributed by atoms with Crippen molar-refractivity contribution in [2.75, 3.05) is 18.0 Å². The quantitative estimate of drug-likeness (QED) is 0.506. The fourth-order valence-electron chi connectivity index (χ4n) is 2.13. The number of aliphatic hydroxyl groups is 1. The number of benzene rings is 1. The molecule has 0 spiro atoms. The first kappa shape index (κ1) is 17.5. The lowest BCUT2D eigenvalue weighted by Gasteiger charge is -2.31. The van der Waals surface area contributed by atoms with Crippen molar-refractivity contribution in [1.29, 1.82) is 0 Å². The smallest absolute Gasteiger partial charge is 0.393 e. The van der Waals surface area contributed by atoms with Crippen LogP contribution >= 0.6 is 0 Å². The third-order valence-corrected chi connectivity index (χ3v) is 4.32. The Balaban J connectivity index is 2.31. The Morgan fingerprint density at radius 2 is 1.87 bits per heavy atom. The van der Waals surface area contributed by atoms with E-state index in [9.17, 15) is 31.6 Å². The summed E-state index contributed by atoms with van der Waals surface area (Å²) in [6, 6.07) is 3.51. The summed E-state index contributed by atoms with van der Waals surface area (Å²) >= 11 is 0. The monoisotopic (exact) mass is 354 g/mol. The topological polar surface area (TPSA) is 96.3 Å². The van der Waals surface area contributed by atoms with Crippen LogP contribution in [0.15, 0.2) is 23.4 Å². The average molecular weight is 354 g/mol. The van der Waals surface area contributed by atoms with Crippen molar-refractivity contribution >= 4 is 21.5 Å². The molecule has 1 fully saturated rings. The van der Waals surface area contributed by atoms with Crippen LogP contribution in [0.2, 0.25) is 0 Å². The number of hydrogen-bond donors (Lipinski definition) is 1. The fraction of sp³-hybridized carbons (Fsp3) is 0.500. The molecule has 0 radical (unpaired) electrons. The highest BCUT2D eigenvalue weighted by atomic mass is 32.2. The van der Waals surface area contributed by atoms with E-state index >= 15 is 0 Å². The summed E-state index contributed by atoms with van der Waals surface area (Å²) in [5.74, 6) is -0.791. The number of nitrogens with zero attached hydrogens (tertiary/aromatic N) is 2. The SMILES string of the molecule is O=Nc1ccc(N2CCC(O)CC2)cc1OS(=O)(=O)C(F)(F)F. The van der Waals surface area contributed by atoms with Gasteiger partial charge in [0.2, 0.25) is 0 Å². The van der Waals surface area contributed by atoms with Crippen LogP contribution in [-0.2, 0) is 10.1 Å². The van der Waals surface area contributed by atoms with E-state index in [4.69, 9.17) is 0 Å². The van der Waals surface area contributed by atoms with Crippen molar-refractivity contribution in [1.82, 2.24) is 0 Å². The van der Waals surface area contributed by atoms with Crippen molar-refractivity contribution in [3.05, 3.63) is 23.1 Å². The van der Waals surface area contributed by atoms with Crippen LogP contribution in [0.4, 0.5) is 24.5 Å². The van der Waals surface area contributed by atoms with Crippen molar-refractivity contribution in [3.8, 4) is 5.75 Å². The maximum atomic E-state index is 12.4. The summed E-state index contributed by atoms with van der Waals surface area (Å²) in [4.78, 5) is 12.4. The molecular formula is C12H13F3N2O5S. The minimum absolute atomic E-state index is 0.372. The molecule has 1 aliphatic rings. The van der Waals surface area contributed by atoms with Crippen LogP contribution in [-0.4, -0.2) is 38.2 Å². The van der Waals surface area contributed by atoms with Gasteiger partial charge in [0.15, 0.2) is 11.4 Å². The Bertz CT molecular complexity index is 684. The standard InChI is InChI=1S/C12H13F3N2O5S/c13-12(14,15)23(20,21)22-11-7-8(1-2-10(11)16-19)17-5-3-9(18)4-6-17/h1-2,7,9,18H,3-6H2. The molecule has 0 unspecified atom stereocenters. The second-order valence-electron chi connectivity index (χ2n) is 4.94. The van der Waals surface area contributed by atoms with Crippen LogP contribution in [0, 0.1) is 4.91 Å². The van der Waals surface area contributed by atoms with E-state index in [2.05, 4.69) is 9.36 Å². The van der Waals surface area contributed by atoms with E-state index in [1.54, 1.807) is 4.90 Å². The summed E-state index contributed by atoms with van der Waals surface area (Å²) in [5.41, 5.74) is -5.80. The van der Waals surface area contributed by atoms with Gasteiger partial charge in [-0.3, -0.25) is 0 Å². The molecule has 0 aromatic heterocycles. The predicted molar refractivity (Wildman–Crippen MR) is 75.0 cm³/mol. The molecule has 0 bridgehead atoms. The second-order valence-corrected chi connectivity index (χ2v) is 6.48. The van der Waals surface area contributed by atoms with E-state index in [0.29, 0.717) is 31.6 Å². The van der Waals surface area contributed by atoms with Crippen LogP contribution < -0.4 is 9.08 Å². The molecule has 1 aromatic carbocycles. The number of hydrogen-bond acceptors (Lipinski definition) is 7. The lowest BCUT2D eigenvalue weighted by atomic mass is 10.1. The number of alkyl halides is 3. The number of halogens is 3. The molecule has 1 aliphatic heterocycles. The van der Waals surface area contributed by atoms with Gasteiger partial charge in [-0.15, -0.1) is 4.91 Å². The molecule has 23 heavy (non-hydrogen) atoms. The maximum absolute atomic E-state index is 12.4. The molecule has 128 valence electrons. The summed E-state index contributed by atoms with van der Waals surface area (Å²) in [6.07, 6.45) is 0.471. The third-order valence-electron chi connectivity index (χ3n) is 3.35. The normalized spacial score (nSPS) is 17.1. The van der Waals surface area contributed by atoms with Gasteiger partial charge in [0.1, 0.15) is 0 Å². The number of aliphatic hydroxyl groups excluding tert-OH is 1. The van der Waals surface area contributed by atoms with Gasteiger partial charge in [-0.1, -0.05) is 0 Å². The summed E-state index contributed by atoms with van der Waals surface area (Å²) in [5, 5.41) is 11.9. The second kappa shape index (κ2) is 6.32. The number of rotatable bonds is 4. The van der Waals surface area contributed by atoms with E-state index in [-0.39, 0.29) is 0 Å². The molecule has 0 aliphatic carbocycles. The molecule has 7 nitrogen and oxygen atoms in total.